The first kappa shape index (κ1) is 8.88. The second-order valence-electron chi connectivity index (χ2n) is 1.62. The summed E-state index contributed by atoms with van der Waals surface area (Å²) < 4.78 is 4.46. The van der Waals surface area contributed by atoms with Crippen LogP contribution in [0.5, 0.6) is 0 Å². The van der Waals surface area contributed by atoms with Crippen LogP contribution < -0.4 is 0 Å². The van der Waals surface area contributed by atoms with Crippen LogP contribution in [0.4, 0.5) is 0 Å². The molecule has 0 heterocycles. The highest BCUT2D eigenvalue weighted by molar-refractivity contribution is 6.09. The number of nitrogens with zero attached hydrogens (tertiary/aromatic N) is 1. The van der Waals surface area contributed by atoms with E-state index in [0.717, 1.165) is 0 Å². The molecule has 0 saturated carbocycles. The molecular weight excluding hydrogens is 130 g/mol. The van der Waals surface area contributed by atoms with E-state index in [2.05, 4.69) is 9.73 Å². The van der Waals surface area contributed by atoms with E-state index in [1.54, 1.807) is 20.0 Å². The summed E-state index contributed by atoms with van der Waals surface area (Å²) in [5.74, 6) is -0.354. The summed E-state index contributed by atoms with van der Waals surface area (Å²) >= 11 is 0. The Balaban J connectivity index is 4.23. The molecule has 3 heteroatoms. The first-order valence-corrected chi connectivity index (χ1v) is 2.93. The first-order chi connectivity index (χ1) is 4.76. The summed E-state index contributed by atoms with van der Waals surface area (Å²) in [6.45, 7) is 1.76. The van der Waals surface area contributed by atoms with Crippen molar-refractivity contribution in [2.75, 3.05) is 14.2 Å². The zero-order valence-electron chi connectivity index (χ0n) is 6.42. The van der Waals surface area contributed by atoms with Crippen molar-refractivity contribution in [2.45, 2.75) is 6.92 Å². The highest BCUT2D eigenvalue weighted by atomic mass is 16.5. The van der Waals surface area contributed by atoms with Gasteiger partial charge in [0.1, 0.15) is 0 Å². The van der Waals surface area contributed by atoms with E-state index in [4.69, 9.17) is 0 Å². The van der Waals surface area contributed by atoms with Crippen LogP contribution in [0.25, 0.3) is 0 Å². The van der Waals surface area contributed by atoms with E-state index >= 15 is 0 Å². The molecule has 3 nitrogen and oxygen atoms in total. The van der Waals surface area contributed by atoms with Crippen molar-refractivity contribution in [3.63, 3.8) is 0 Å². The van der Waals surface area contributed by atoms with Gasteiger partial charge in [-0.1, -0.05) is 6.08 Å². The molecule has 0 saturated heterocycles. The molecule has 0 aliphatic heterocycles. The molecule has 0 spiro atoms. The van der Waals surface area contributed by atoms with Gasteiger partial charge in [-0.2, -0.15) is 0 Å². The lowest BCUT2D eigenvalue weighted by Gasteiger charge is -1.95. The van der Waals surface area contributed by atoms with Gasteiger partial charge in [-0.15, -0.1) is 0 Å². The average molecular weight is 141 g/mol. The fraction of sp³-hybridized carbons (Fsp3) is 0.429. The molecule has 0 radical (unpaired) electrons. The standard InChI is InChI=1S/C7H11NO2/c1-4-6(5-8-2)7(9)10-3/h4-5H,1-3H3. The van der Waals surface area contributed by atoms with Crippen LogP contribution in [-0.4, -0.2) is 26.3 Å². The molecule has 0 rings (SSSR count). The number of ether oxygens (including phenoxy) is 1. The quantitative estimate of drug-likeness (QED) is 0.324. The summed E-state index contributed by atoms with van der Waals surface area (Å²) in [5.41, 5.74) is 0.477. The number of carbonyl (C=O) groups is 1. The third-order valence-electron chi connectivity index (χ3n) is 1.00. The molecule has 0 aromatic heterocycles. The lowest BCUT2D eigenvalue weighted by atomic mass is 10.3. The Labute approximate surface area is 60.4 Å². The molecule has 0 fully saturated rings. The molecule has 0 unspecified atom stereocenters. The molecule has 0 bridgehead atoms. The first-order valence-electron chi connectivity index (χ1n) is 2.93. The Morgan fingerprint density at radius 2 is 2.20 bits per heavy atom. The molecule has 56 valence electrons. The predicted molar refractivity (Wildman–Crippen MR) is 40.2 cm³/mol. The average Bonchev–Trinajstić information content (AvgIpc) is 1.99. The number of esters is 1. The van der Waals surface area contributed by atoms with E-state index in [0.29, 0.717) is 5.57 Å². The van der Waals surface area contributed by atoms with Gasteiger partial charge in [0.2, 0.25) is 0 Å². The normalized spacial score (nSPS) is 12.1. The van der Waals surface area contributed by atoms with Gasteiger partial charge in [0, 0.05) is 13.3 Å². The number of hydrogen-bond donors (Lipinski definition) is 0. The third-order valence-corrected chi connectivity index (χ3v) is 1.00. The van der Waals surface area contributed by atoms with E-state index in [1.165, 1.54) is 13.3 Å². The topological polar surface area (TPSA) is 38.7 Å². The van der Waals surface area contributed by atoms with Gasteiger partial charge in [-0.05, 0) is 6.92 Å². The van der Waals surface area contributed by atoms with Gasteiger partial charge in [-0.3, -0.25) is 4.99 Å². The molecule has 0 aromatic carbocycles. The third kappa shape index (κ3) is 2.44. The van der Waals surface area contributed by atoms with Crippen molar-refractivity contribution in [2.24, 2.45) is 4.99 Å². The van der Waals surface area contributed by atoms with Crippen LogP contribution >= 0.6 is 0 Å². The van der Waals surface area contributed by atoms with Crippen LogP contribution in [0, 0.1) is 0 Å². The highest BCUT2D eigenvalue weighted by Gasteiger charge is 2.02. The maximum Gasteiger partial charge on any atom is 0.339 e. The minimum atomic E-state index is -0.354. The number of rotatable bonds is 2. The van der Waals surface area contributed by atoms with Crippen LogP contribution in [-0.2, 0) is 9.53 Å². The summed E-state index contributed by atoms with van der Waals surface area (Å²) in [6, 6.07) is 0. The van der Waals surface area contributed by atoms with Crippen LogP contribution in [0.2, 0.25) is 0 Å². The molecule has 0 aliphatic rings. The van der Waals surface area contributed by atoms with E-state index in [1.807, 2.05) is 0 Å². The van der Waals surface area contributed by atoms with Gasteiger partial charge in [-0.25, -0.2) is 4.79 Å². The Kier molecular flexibility index (Phi) is 4.20. The molecule has 10 heavy (non-hydrogen) atoms. The van der Waals surface area contributed by atoms with E-state index < -0.39 is 0 Å². The van der Waals surface area contributed by atoms with Gasteiger partial charge in [0.15, 0.2) is 0 Å². The maximum absolute atomic E-state index is 10.8. The van der Waals surface area contributed by atoms with Crippen LogP contribution in [0.15, 0.2) is 16.6 Å². The van der Waals surface area contributed by atoms with Crippen molar-refractivity contribution < 1.29 is 9.53 Å². The van der Waals surface area contributed by atoms with Crippen molar-refractivity contribution in [1.82, 2.24) is 0 Å². The smallest absolute Gasteiger partial charge is 0.339 e. The summed E-state index contributed by atoms with van der Waals surface area (Å²) in [5, 5.41) is 0. The lowest BCUT2D eigenvalue weighted by Crippen LogP contribution is -2.05. The minimum absolute atomic E-state index is 0.354. The highest BCUT2D eigenvalue weighted by Crippen LogP contribution is 1.92. The number of hydrogen-bond acceptors (Lipinski definition) is 3. The number of carbonyl (C=O) groups excluding carboxylic acids is 1. The van der Waals surface area contributed by atoms with Crippen LogP contribution in [0.3, 0.4) is 0 Å². The van der Waals surface area contributed by atoms with Gasteiger partial charge < -0.3 is 4.74 Å². The fourth-order valence-corrected chi connectivity index (χ4v) is 0.502. The van der Waals surface area contributed by atoms with Crippen molar-refractivity contribution in [3.05, 3.63) is 11.6 Å². The number of allylic oxidation sites excluding steroid dienone is 1. The fourth-order valence-electron chi connectivity index (χ4n) is 0.502. The van der Waals surface area contributed by atoms with Gasteiger partial charge in [0.25, 0.3) is 0 Å². The van der Waals surface area contributed by atoms with Crippen LogP contribution in [0.1, 0.15) is 6.92 Å². The number of aliphatic imine (C=N–C) groups is 1. The second-order valence-corrected chi connectivity index (χ2v) is 1.62. The van der Waals surface area contributed by atoms with Crippen molar-refractivity contribution >= 4 is 12.2 Å². The molecule has 0 aliphatic carbocycles. The van der Waals surface area contributed by atoms with E-state index in [9.17, 15) is 4.79 Å². The van der Waals surface area contributed by atoms with E-state index in [-0.39, 0.29) is 5.97 Å². The molecule has 0 N–H and O–H groups in total. The summed E-state index contributed by atoms with van der Waals surface area (Å²) in [6.07, 6.45) is 3.12. The Morgan fingerprint density at radius 3 is 2.50 bits per heavy atom. The molecule has 0 atom stereocenters. The van der Waals surface area contributed by atoms with Crippen molar-refractivity contribution in [3.8, 4) is 0 Å². The molecular formula is C7H11NO2. The van der Waals surface area contributed by atoms with Gasteiger partial charge in [0.05, 0.1) is 12.7 Å². The van der Waals surface area contributed by atoms with Gasteiger partial charge >= 0.3 is 5.97 Å². The SMILES string of the molecule is CC=C(C=NC)C(=O)OC. The Hall–Kier alpha value is -1.12. The zero-order chi connectivity index (χ0) is 7.98. The lowest BCUT2D eigenvalue weighted by molar-refractivity contribution is -0.135. The monoisotopic (exact) mass is 141 g/mol. The molecule has 0 amide bonds. The predicted octanol–water partition coefficient (Wildman–Crippen LogP) is 0.806. The number of methoxy groups -OCH3 is 1. The van der Waals surface area contributed by atoms with Crippen molar-refractivity contribution in [1.29, 1.82) is 0 Å². The minimum Gasteiger partial charge on any atom is -0.465 e. The summed E-state index contributed by atoms with van der Waals surface area (Å²) in [4.78, 5) is 14.4. The second kappa shape index (κ2) is 4.73. The molecule has 0 aromatic rings. The Morgan fingerprint density at radius 1 is 1.60 bits per heavy atom. The zero-order valence-corrected chi connectivity index (χ0v) is 6.42. The summed E-state index contributed by atoms with van der Waals surface area (Å²) in [7, 11) is 2.95. The largest absolute Gasteiger partial charge is 0.465 e. The Bertz CT molecular complexity index is 170. The maximum atomic E-state index is 10.8.